The lowest BCUT2D eigenvalue weighted by molar-refractivity contribution is -0.175. The van der Waals surface area contributed by atoms with Gasteiger partial charge in [-0.3, -0.25) is 4.79 Å². The number of aliphatic hydroxyl groups excluding tert-OH is 1. The first-order valence-electron chi connectivity index (χ1n) is 10.6. The van der Waals surface area contributed by atoms with E-state index in [0.717, 1.165) is 38.5 Å². The lowest BCUT2D eigenvalue weighted by atomic mass is 9.44. The smallest absolute Gasteiger partial charge is 0.162 e. The molecular weight excluding hydrogens is 312 g/mol. The van der Waals surface area contributed by atoms with Gasteiger partial charge in [0.2, 0.25) is 0 Å². The van der Waals surface area contributed by atoms with Crippen molar-refractivity contribution in [2.24, 2.45) is 40.4 Å². The molecule has 25 heavy (non-hydrogen) atoms. The van der Waals surface area contributed by atoms with Gasteiger partial charge in [0.1, 0.15) is 5.60 Å². The Morgan fingerprint density at radius 3 is 2.40 bits per heavy atom. The largest absolute Gasteiger partial charge is 0.393 e. The van der Waals surface area contributed by atoms with Crippen molar-refractivity contribution in [3.63, 3.8) is 0 Å². The fraction of sp³-hybridized carbons (Fsp3) is 0.955. The summed E-state index contributed by atoms with van der Waals surface area (Å²) >= 11 is 0. The Hall–Kier alpha value is -0.410. The van der Waals surface area contributed by atoms with Crippen LogP contribution in [0.2, 0.25) is 0 Å². The molecule has 0 aromatic heterocycles. The normalized spacial score (nSPS) is 58.2. The minimum Gasteiger partial charge on any atom is -0.393 e. The number of rotatable bonds is 1. The van der Waals surface area contributed by atoms with E-state index in [1.807, 2.05) is 0 Å². The molecular formula is C22H36O3. The van der Waals surface area contributed by atoms with E-state index in [2.05, 4.69) is 20.8 Å². The maximum Gasteiger partial charge on any atom is 0.162 e. The van der Waals surface area contributed by atoms with Gasteiger partial charge in [-0.15, -0.1) is 0 Å². The van der Waals surface area contributed by atoms with Crippen LogP contribution in [-0.4, -0.2) is 27.7 Å². The number of hydrogen-bond donors (Lipinski definition) is 2. The number of hydrogen-bond acceptors (Lipinski definition) is 3. The second kappa shape index (κ2) is 5.55. The topological polar surface area (TPSA) is 57.5 Å². The molecule has 4 fully saturated rings. The number of carbonyl (C=O) groups is 1. The van der Waals surface area contributed by atoms with Crippen LogP contribution >= 0.6 is 0 Å². The first-order valence-corrected chi connectivity index (χ1v) is 10.6. The SMILES string of the molecule is CC(=O)[C@]1(O)[C@H](C)C[C@@H]2[C@@H]3CC[C@@H]4C[C@@H](O)CC[C@]4(C)[C@@H]3CC[C@]21C. The summed E-state index contributed by atoms with van der Waals surface area (Å²) in [4.78, 5) is 12.4. The van der Waals surface area contributed by atoms with E-state index in [0.29, 0.717) is 29.1 Å². The van der Waals surface area contributed by atoms with Gasteiger partial charge in [0.15, 0.2) is 5.78 Å². The van der Waals surface area contributed by atoms with Crippen molar-refractivity contribution < 1.29 is 15.0 Å². The first kappa shape index (κ1) is 18.0. The highest BCUT2D eigenvalue weighted by Crippen LogP contribution is 2.69. The summed E-state index contributed by atoms with van der Waals surface area (Å²) < 4.78 is 0. The van der Waals surface area contributed by atoms with Gasteiger partial charge in [-0.05, 0) is 93.3 Å². The molecule has 4 aliphatic rings. The third-order valence-corrected chi connectivity index (χ3v) is 9.76. The molecule has 0 saturated heterocycles. The Kier molecular flexibility index (Phi) is 3.99. The van der Waals surface area contributed by atoms with E-state index in [9.17, 15) is 15.0 Å². The van der Waals surface area contributed by atoms with Crippen molar-refractivity contribution in [1.29, 1.82) is 0 Å². The van der Waals surface area contributed by atoms with E-state index < -0.39 is 5.60 Å². The Morgan fingerprint density at radius 1 is 1.00 bits per heavy atom. The van der Waals surface area contributed by atoms with Crippen molar-refractivity contribution in [2.75, 3.05) is 0 Å². The van der Waals surface area contributed by atoms with Crippen LogP contribution in [0.25, 0.3) is 0 Å². The fourth-order valence-electron chi connectivity index (χ4n) is 8.33. The average Bonchev–Trinajstić information content (AvgIpc) is 2.77. The minimum atomic E-state index is -1.14. The van der Waals surface area contributed by atoms with Crippen LogP contribution in [0.4, 0.5) is 0 Å². The van der Waals surface area contributed by atoms with Crippen molar-refractivity contribution in [3.8, 4) is 0 Å². The predicted molar refractivity (Wildman–Crippen MR) is 97.9 cm³/mol. The summed E-state index contributed by atoms with van der Waals surface area (Å²) in [5, 5.41) is 21.6. The molecule has 4 aliphatic carbocycles. The zero-order chi connectivity index (χ0) is 18.2. The zero-order valence-electron chi connectivity index (χ0n) is 16.4. The van der Waals surface area contributed by atoms with Gasteiger partial charge in [0.25, 0.3) is 0 Å². The van der Waals surface area contributed by atoms with Crippen LogP contribution in [0.1, 0.15) is 79.1 Å². The molecule has 4 saturated carbocycles. The van der Waals surface area contributed by atoms with Crippen molar-refractivity contribution >= 4 is 5.78 Å². The molecule has 0 unspecified atom stereocenters. The van der Waals surface area contributed by atoms with Crippen molar-refractivity contribution in [3.05, 3.63) is 0 Å². The van der Waals surface area contributed by atoms with Crippen molar-refractivity contribution in [1.82, 2.24) is 0 Å². The van der Waals surface area contributed by atoms with E-state index in [-0.39, 0.29) is 23.2 Å². The molecule has 0 amide bonds. The van der Waals surface area contributed by atoms with Gasteiger partial charge >= 0.3 is 0 Å². The van der Waals surface area contributed by atoms with E-state index in [1.165, 1.54) is 12.8 Å². The summed E-state index contributed by atoms with van der Waals surface area (Å²) in [6.45, 7) is 8.37. The molecule has 0 spiro atoms. The molecule has 9 atom stereocenters. The van der Waals surface area contributed by atoms with E-state index in [1.54, 1.807) is 6.92 Å². The lowest BCUT2D eigenvalue weighted by Crippen LogP contribution is -2.59. The average molecular weight is 349 g/mol. The Balaban J connectivity index is 1.67. The number of aliphatic hydroxyl groups is 2. The van der Waals surface area contributed by atoms with Crippen LogP contribution in [0.15, 0.2) is 0 Å². The molecule has 0 radical (unpaired) electrons. The van der Waals surface area contributed by atoms with Gasteiger partial charge in [-0.2, -0.15) is 0 Å². The molecule has 0 aromatic rings. The molecule has 142 valence electrons. The molecule has 0 aliphatic heterocycles. The van der Waals surface area contributed by atoms with Gasteiger partial charge < -0.3 is 10.2 Å². The standard InChI is InChI=1S/C22H36O3/c1-13-11-19-17-6-5-15-12-16(24)7-9-20(15,3)18(17)8-10-21(19,4)22(13,25)14(2)23/h13,15-19,24-25H,5-12H2,1-4H3/t13-,15-,16+,17-,18-,19-,20+,21-,22-/m1/s1. The summed E-state index contributed by atoms with van der Waals surface area (Å²) in [6.07, 6.45) is 8.53. The summed E-state index contributed by atoms with van der Waals surface area (Å²) in [5.74, 6) is 2.53. The molecule has 0 heterocycles. The minimum absolute atomic E-state index is 0.0239. The van der Waals surface area contributed by atoms with E-state index in [4.69, 9.17) is 0 Å². The predicted octanol–water partition coefficient (Wildman–Crippen LogP) is 3.96. The van der Waals surface area contributed by atoms with Gasteiger partial charge in [-0.25, -0.2) is 0 Å². The molecule has 3 heteroatoms. The first-order chi connectivity index (χ1) is 11.6. The van der Waals surface area contributed by atoms with Crippen molar-refractivity contribution in [2.45, 2.75) is 90.8 Å². The van der Waals surface area contributed by atoms with E-state index >= 15 is 0 Å². The molecule has 0 aromatic carbocycles. The fourth-order valence-corrected chi connectivity index (χ4v) is 8.33. The monoisotopic (exact) mass is 348 g/mol. The highest BCUT2D eigenvalue weighted by molar-refractivity contribution is 5.86. The summed E-state index contributed by atoms with van der Waals surface area (Å²) in [6, 6.07) is 0. The second-order valence-electron chi connectivity index (χ2n) is 10.5. The van der Waals surface area contributed by atoms with Crippen LogP contribution < -0.4 is 0 Å². The summed E-state index contributed by atoms with van der Waals surface area (Å²) in [5.41, 5.74) is -1.04. The maximum absolute atomic E-state index is 12.4. The molecule has 0 bridgehead atoms. The van der Waals surface area contributed by atoms with Gasteiger partial charge in [-0.1, -0.05) is 20.8 Å². The zero-order valence-corrected chi connectivity index (χ0v) is 16.4. The molecule has 3 nitrogen and oxygen atoms in total. The number of fused-ring (bicyclic) bond motifs is 5. The third kappa shape index (κ3) is 2.15. The Morgan fingerprint density at radius 2 is 1.72 bits per heavy atom. The number of carbonyl (C=O) groups excluding carboxylic acids is 1. The number of ketones is 1. The van der Waals surface area contributed by atoms with Crippen LogP contribution in [0.3, 0.4) is 0 Å². The van der Waals surface area contributed by atoms with Crippen LogP contribution in [0, 0.1) is 40.4 Å². The van der Waals surface area contributed by atoms with Crippen LogP contribution in [0.5, 0.6) is 0 Å². The third-order valence-electron chi connectivity index (χ3n) is 9.76. The molecule has 2 N–H and O–H groups in total. The lowest BCUT2D eigenvalue weighted by Gasteiger charge is -2.61. The Bertz CT molecular complexity index is 574. The highest BCUT2D eigenvalue weighted by Gasteiger charge is 2.68. The highest BCUT2D eigenvalue weighted by atomic mass is 16.3. The Labute approximate surface area is 152 Å². The van der Waals surface area contributed by atoms with Crippen LogP contribution in [-0.2, 0) is 4.79 Å². The van der Waals surface area contributed by atoms with Gasteiger partial charge in [0, 0.05) is 5.41 Å². The van der Waals surface area contributed by atoms with Gasteiger partial charge in [0.05, 0.1) is 6.10 Å². The second-order valence-corrected chi connectivity index (χ2v) is 10.5. The molecule has 4 rings (SSSR count). The summed E-state index contributed by atoms with van der Waals surface area (Å²) in [7, 11) is 0. The maximum atomic E-state index is 12.4. The number of Topliss-reactive ketones (excluding diaryl/α,β-unsaturated/α-hetero) is 1. The quantitative estimate of drug-likeness (QED) is 0.754.